The lowest BCUT2D eigenvalue weighted by molar-refractivity contribution is 0.724. The highest BCUT2D eigenvalue weighted by Gasteiger charge is 2.27. The number of hydrogen-bond donors (Lipinski definition) is 0. The Morgan fingerprint density at radius 3 is 1.98 bits per heavy atom. The first-order chi connectivity index (χ1) is 26.2. The van der Waals surface area contributed by atoms with Crippen LogP contribution in [0.25, 0.3) is 105 Å². The van der Waals surface area contributed by atoms with Gasteiger partial charge in [-0.05, 0) is 116 Å². The standard InChI is InChI=1S/C51H34N2/c1-31-10-8-18-43-45-29-35(22-25-49(45)53(51(31)43)38-27-36-13-9-17-42-39-14-4-5-15-40(39)46(30-38)50(36)42)34-21-24-48-44(28-34)41-16-6-7-19-47(41)52(48)37-23-20-32-11-2-3-12-33(32)26-37/h2-9,11-31H,10H2,1H3. The van der Waals surface area contributed by atoms with Crippen LogP contribution in [0.15, 0.2) is 164 Å². The largest absolute Gasteiger partial charge is 0.313 e. The second-order valence-corrected chi connectivity index (χ2v) is 15.0. The first-order valence-electron chi connectivity index (χ1n) is 18.7. The molecule has 0 N–H and O–H groups in total. The van der Waals surface area contributed by atoms with E-state index in [0.717, 1.165) is 6.42 Å². The summed E-state index contributed by atoms with van der Waals surface area (Å²) in [5, 5.41) is 9.03. The van der Waals surface area contributed by atoms with Crippen molar-refractivity contribution in [2.45, 2.75) is 19.3 Å². The van der Waals surface area contributed by atoms with E-state index in [9.17, 15) is 0 Å². The monoisotopic (exact) mass is 674 g/mol. The van der Waals surface area contributed by atoms with Crippen molar-refractivity contribution in [1.82, 2.24) is 9.13 Å². The van der Waals surface area contributed by atoms with Gasteiger partial charge in [0, 0.05) is 44.7 Å². The molecular weight excluding hydrogens is 641 g/mol. The molecule has 0 aliphatic heterocycles. The molecule has 2 aromatic heterocycles. The van der Waals surface area contributed by atoms with E-state index >= 15 is 0 Å². The predicted octanol–water partition coefficient (Wildman–Crippen LogP) is 13.9. The van der Waals surface area contributed by atoms with Crippen LogP contribution in [0.5, 0.6) is 0 Å². The van der Waals surface area contributed by atoms with Crippen molar-refractivity contribution in [2.24, 2.45) is 0 Å². The maximum absolute atomic E-state index is 2.56. The van der Waals surface area contributed by atoms with E-state index in [1.54, 1.807) is 0 Å². The summed E-state index contributed by atoms with van der Waals surface area (Å²) in [4.78, 5) is 0. The van der Waals surface area contributed by atoms with Crippen molar-refractivity contribution >= 4 is 60.3 Å². The topological polar surface area (TPSA) is 9.86 Å². The van der Waals surface area contributed by atoms with E-state index in [-0.39, 0.29) is 0 Å². The van der Waals surface area contributed by atoms with Crippen molar-refractivity contribution < 1.29 is 0 Å². The van der Waals surface area contributed by atoms with Crippen LogP contribution in [0.1, 0.15) is 30.5 Å². The first kappa shape index (κ1) is 29.0. The van der Waals surface area contributed by atoms with Crippen LogP contribution in [0, 0.1) is 0 Å². The molecule has 53 heavy (non-hydrogen) atoms. The maximum Gasteiger partial charge on any atom is 0.0541 e. The molecule has 0 spiro atoms. The number of aromatic nitrogens is 2. The van der Waals surface area contributed by atoms with Gasteiger partial charge in [0.15, 0.2) is 0 Å². The maximum atomic E-state index is 2.56. The molecule has 0 saturated carbocycles. The Bertz CT molecular complexity index is 3220. The SMILES string of the molecule is CC1CC=Cc2c1n(-c1cc3c4c(cccc4c1)-c1ccccc1-3)c1ccc(-c3ccc4c(c3)c3ccccc3n4-c3ccc4ccccc4c3)cc21. The number of para-hydroxylation sites is 1. The highest BCUT2D eigenvalue weighted by Crippen LogP contribution is 2.49. The van der Waals surface area contributed by atoms with E-state index in [1.807, 2.05) is 0 Å². The van der Waals surface area contributed by atoms with E-state index < -0.39 is 0 Å². The summed E-state index contributed by atoms with van der Waals surface area (Å²) in [7, 11) is 0. The van der Waals surface area contributed by atoms with Gasteiger partial charge in [-0.3, -0.25) is 0 Å². The average molecular weight is 675 g/mol. The second-order valence-electron chi connectivity index (χ2n) is 15.0. The molecule has 0 saturated heterocycles. The van der Waals surface area contributed by atoms with Gasteiger partial charge in [0.25, 0.3) is 0 Å². The number of fused-ring (bicyclic) bond motifs is 10. The number of rotatable bonds is 3. The quantitative estimate of drug-likeness (QED) is 0.177. The molecule has 0 fully saturated rings. The van der Waals surface area contributed by atoms with Crippen molar-refractivity contribution in [1.29, 1.82) is 0 Å². The highest BCUT2D eigenvalue weighted by atomic mass is 15.0. The minimum Gasteiger partial charge on any atom is -0.313 e. The van der Waals surface area contributed by atoms with Crippen LogP contribution < -0.4 is 0 Å². The fourth-order valence-corrected chi connectivity index (χ4v) is 9.63. The number of benzene rings is 8. The average Bonchev–Trinajstić information content (AvgIpc) is 3.84. The molecule has 0 bridgehead atoms. The van der Waals surface area contributed by atoms with Crippen LogP contribution in [0.2, 0.25) is 0 Å². The molecule has 2 aliphatic rings. The Morgan fingerprint density at radius 2 is 1.11 bits per heavy atom. The van der Waals surface area contributed by atoms with Gasteiger partial charge in [-0.2, -0.15) is 0 Å². The molecule has 1 unspecified atom stereocenters. The molecular formula is C51H34N2. The van der Waals surface area contributed by atoms with Crippen molar-refractivity contribution in [3.8, 4) is 44.8 Å². The zero-order chi connectivity index (χ0) is 34.8. The molecule has 10 aromatic rings. The third-order valence-corrected chi connectivity index (χ3v) is 12.0. The van der Waals surface area contributed by atoms with Crippen molar-refractivity contribution in [3.05, 3.63) is 175 Å². The summed E-state index contributed by atoms with van der Waals surface area (Å²) in [6, 6.07) is 58.9. The van der Waals surface area contributed by atoms with Crippen molar-refractivity contribution in [2.75, 3.05) is 0 Å². The summed E-state index contributed by atoms with van der Waals surface area (Å²) in [5.74, 6) is 0.409. The normalized spacial score (nSPS) is 14.5. The predicted molar refractivity (Wildman–Crippen MR) is 225 cm³/mol. The minimum atomic E-state index is 0.409. The Morgan fingerprint density at radius 1 is 0.453 bits per heavy atom. The Labute approximate surface area is 307 Å². The summed E-state index contributed by atoms with van der Waals surface area (Å²) < 4.78 is 4.98. The molecule has 2 nitrogen and oxygen atoms in total. The Kier molecular flexibility index (Phi) is 5.85. The lowest BCUT2D eigenvalue weighted by Crippen LogP contribution is -2.07. The Hall–Kier alpha value is -6.64. The number of nitrogens with zero attached hydrogens (tertiary/aromatic N) is 2. The van der Waals surface area contributed by atoms with Gasteiger partial charge in [-0.1, -0.05) is 122 Å². The lowest BCUT2D eigenvalue weighted by Gasteiger charge is -2.20. The molecule has 2 aliphatic carbocycles. The van der Waals surface area contributed by atoms with Gasteiger partial charge in [-0.15, -0.1) is 0 Å². The van der Waals surface area contributed by atoms with Crippen LogP contribution in [0.4, 0.5) is 0 Å². The summed E-state index contributed by atoms with van der Waals surface area (Å²) in [6.07, 6.45) is 5.77. The fraction of sp³-hybridized carbons (Fsp3) is 0.0588. The first-order valence-corrected chi connectivity index (χ1v) is 18.7. The fourth-order valence-electron chi connectivity index (χ4n) is 9.63. The zero-order valence-electron chi connectivity index (χ0n) is 29.3. The third-order valence-electron chi connectivity index (χ3n) is 12.0. The van der Waals surface area contributed by atoms with E-state index in [2.05, 4.69) is 186 Å². The van der Waals surface area contributed by atoms with E-state index in [4.69, 9.17) is 0 Å². The third kappa shape index (κ3) is 4.04. The molecule has 8 aromatic carbocycles. The van der Waals surface area contributed by atoms with Gasteiger partial charge < -0.3 is 9.13 Å². The second kappa shape index (κ2) is 10.7. The lowest BCUT2D eigenvalue weighted by atomic mass is 9.92. The van der Waals surface area contributed by atoms with Crippen molar-refractivity contribution in [3.63, 3.8) is 0 Å². The molecule has 12 rings (SSSR count). The highest BCUT2D eigenvalue weighted by molar-refractivity contribution is 6.16. The minimum absolute atomic E-state index is 0.409. The van der Waals surface area contributed by atoms with Crippen LogP contribution in [0.3, 0.4) is 0 Å². The molecule has 2 heteroatoms. The molecule has 0 amide bonds. The molecule has 248 valence electrons. The smallest absolute Gasteiger partial charge is 0.0541 e. The van der Waals surface area contributed by atoms with Gasteiger partial charge in [0.05, 0.1) is 16.6 Å². The number of allylic oxidation sites excluding steroid dienone is 1. The molecule has 0 radical (unpaired) electrons. The van der Waals surface area contributed by atoms with Gasteiger partial charge in [0.2, 0.25) is 0 Å². The van der Waals surface area contributed by atoms with E-state index in [0.29, 0.717) is 5.92 Å². The van der Waals surface area contributed by atoms with Crippen LogP contribution in [-0.2, 0) is 0 Å². The summed E-state index contributed by atoms with van der Waals surface area (Å²) in [6.45, 7) is 2.38. The summed E-state index contributed by atoms with van der Waals surface area (Å²) in [5.41, 5.74) is 16.7. The van der Waals surface area contributed by atoms with Crippen LogP contribution in [-0.4, -0.2) is 9.13 Å². The van der Waals surface area contributed by atoms with Crippen LogP contribution >= 0.6 is 0 Å². The Balaban J connectivity index is 1.05. The van der Waals surface area contributed by atoms with Gasteiger partial charge in [-0.25, -0.2) is 0 Å². The number of hydrogen-bond acceptors (Lipinski definition) is 0. The van der Waals surface area contributed by atoms with Gasteiger partial charge in [0.1, 0.15) is 0 Å². The molecule has 2 heterocycles. The molecule has 1 atom stereocenters. The van der Waals surface area contributed by atoms with E-state index in [1.165, 1.54) is 110 Å². The van der Waals surface area contributed by atoms with Gasteiger partial charge >= 0.3 is 0 Å². The summed E-state index contributed by atoms with van der Waals surface area (Å²) >= 11 is 0. The zero-order valence-corrected chi connectivity index (χ0v) is 29.3.